The van der Waals surface area contributed by atoms with Gasteiger partial charge in [-0.25, -0.2) is 13.4 Å². The quantitative estimate of drug-likeness (QED) is 0.710. The summed E-state index contributed by atoms with van der Waals surface area (Å²) in [5.41, 5.74) is 4.25. The van der Waals surface area contributed by atoms with Crippen LogP contribution in [0.3, 0.4) is 0 Å². The minimum absolute atomic E-state index is 0.523. The molecule has 6 nitrogen and oxygen atoms in total. The molecule has 0 radical (unpaired) electrons. The minimum atomic E-state index is -3.11. The molecule has 3 aromatic rings. The molecule has 1 fully saturated rings. The number of rotatable bonds is 3. The summed E-state index contributed by atoms with van der Waals surface area (Å²) in [5.74, 6) is 0.933. The topological polar surface area (TPSA) is 58.4 Å². The summed E-state index contributed by atoms with van der Waals surface area (Å²) in [6.07, 6.45) is 1.27. The van der Waals surface area contributed by atoms with Crippen molar-refractivity contribution in [2.24, 2.45) is 7.05 Å². The number of sulfonamides is 1. The van der Waals surface area contributed by atoms with Crippen LogP contribution in [0.1, 0.15) is 0 Å². The van der Waals surface area contributed by atoms with Crippen molar-refractivity contribution >= 4 is 26.7 Å². The molecule has 0 saturated carbocycles. The number of hydrogen-bond acceptors (Lipinski definition) is 4. The maximum Gasteiger partial charge on any atom is 0.211 e. The molecule has 0 spiro atoms. The molecule has 0 atom stereocenters. The third kappa shape index (κ3) is 3.08. The van der Waals surface area contributed by atoms with E-state index in [1.165, 1.54) is 6.26 Å². The Kier molecular flexibility index (Phi) is 4.20. The largest absolute Gasteiger partial charge is 0.369 e. The van der Waals surface area contributed by atoms with Crippen LogP contribution in [0, 0.1) is 0 Å². The zero-order chi connectivity index (χ0) is 18.3. The highest BCUT2D eigenvalue weighted by Crippen LogP contribution is 2.27. The standard InChI is InChI=1S/C19H22N4O2S/c1-21-18-9-4-3-8-17(18)20-19(21)15-6-5-7-16(14-15)22-10-12-23(13-11-22)26(2,24)25/h3-9,14H,10-13H2,1-2H3. The maximum absolute atomic E-state index is 11.7. The van der Waals surface area contributed by atoms with Gasteiger partial charge in [0.15, 0.2) is 0 Å². The Bertz CT molecular complexity index is 1050. The van der Waals surface area contributed by atoms with Gasteiger partial charge >= 0.3 is 0 Å². The number of nitrogens with zero attached hydrogens (tertiary/aromatic N) is 4. The molecule has 1 saturated heterocycles. The van der Waals surface area contributed by atoms with Crippen LogP contribution >= 0.6 is 0 Å². The zero-order valence-corrected chi connectivity index (χ0v) is 15.8. The van der Waals surface area contributed by atoms with E-state index in [1.54, 1.807) is 4.31 Å². The van der Waals surface area contributed by atoms with Gasteiger partial charge in [0, 0.05) is 44.5 Å². The number of benzene rings is 2. The molecule has 7 heteroatoms. The second-order valence-electron chi connectivity index (χ2n) is 6.68. The van der Waals surface area contributed by atoms with Crippen LogP contribution < -0.4 is 4.90 Å². The van der Waals surface area contributed by atoms with Crippen molar-refractivity contribution in [3.05, 3.63) is 48.5 Å². The van der Waals surface area contributed by atoms with Gasteiger partial charge in [-0.15, -0.1) is 0 Å². The van der Waals surface area contributed by atoms with Gasteiger partial charge < -0.3 is 9.47 Å². The first kappa shape index (κ1) is 17.1. The number of piperazine rings is 1. The molecule has 0 unspecified atom stereocenters. The predicted octanol–water partition coefficient (Wildman–Crippen LogP) is 2.32. The molecule has 1 aromatic heterocycles. The van der Waals surface area contributed by atoms with Crippen LogP contribution in [0.2, 0.25) is 0 Å². The Morgan fingerprint density at radius 2 is 1.69 bits per heavy atom. The van der Waals surface area contributed by atoms with Crippen LogP contribution in [0.5, 0.6) is 0 Å². The van der Waals surface area contributed by atoms with Gasteiger partial charge in [0.05, 0.1) is 17.3 Å². The number of imidazole rings is 1. The van der Waals surface area contributed by atoms with Crippen LogP contribution in [0.25, 0.3) is 22.4 Å². The molecule has 1 aliphatic rings. The van der Waals surface area contributed by atoms with E-state index in [4.69, 9.17) is 4.98 Å². The van der Waals surface area contributed by atoms with E-state index in [0.29, 0.717) is 26.2 Å². The van der Waals surface area contributed by atoms with E-state index in [-0.39, 0.29) is 0 Å². The van der Waals surface area contributed by atoms with E-state index in [9.17, 15) is 8.42 Å². The summed E-state index contributed by atoms with van der Waals surface area (Å²) in [4.78, 5) is 7.00. The van der Waals surface area contributed by atoms with E-state index >= 15 is 0 Å². The Hall–Kier alpha value is -2.38. The lowest BCUT2D eigenvalue weighted by molar-refractivity contribution is 0.388. The smallest absolute Gasteiger partial charge is 0.211 e. The molecule has 0 bridgehead atoms. The lowest BCUT2D eigenvalue weighted by Gasteiger charge is -2.34. The molecule has 0 amide bonds. The fourth-order valence-electron chi connectivity index (χ4n) is 3.52. The average Bonchev–Trinajstić information content (AvgIpc) is 2.98. The van der Waals surface area contributed by atoms with Crippen molar-refractivity contribution in [2.45, 2.75) is 0 Å². The first-order valence-corrected chi connectivity index (χ1v) is 10.5. The SMILES string of the molecule is Cn1c(-c2cccc(N3CCN(S(C)(=O)=O)CC3)c2)nc2ccccc21. The first-order chi connectivity index (χ1) is 12.4. The van der Waals surface area contributed by atoms with Crippen molar-refractivity contribution in [3.63, 3.8) is 0 Å². The molecule has 2 aromatic carbocycles. The summed E-state index contributed by atoms with van der Waals surface area (Å²) >= 11 is 0. The second-order valence-corrected chi connectivity index (χ2v) is 8.66. The predicted molar refractivity (Wildman–Crippen MR) is 105 cm³/mol. The van der Waals surface area contributed by atoms with Gasteiger partial charge in [-0.1, -0.05) is 24.3 Å². The number of aryl methyl sites for hydroxylation is 1. The number of anilines is 1. The fourth-order valence-corrected chi connectivity index (χ4v) is 4.35. The molecule has 1 aliphatic heterocycles. The van der Waals surface area contributed by atoms with Gasteiger partial charge in [0.1, 0.15) is 5.82 Å². The van der Waals surface area contributed by atoms with Crippen LogP contribution in [0.4, 0.5) is 5.69 Å². The molecule has 26 heavy (non-hydrogen) atoms. The van der Waals surface area contributed by atoms with E-state index in [1.807, 2.05) is 31.3 Å². The highest BCUT2D eigenvalue weighted by Gasteiger charge is 2.23. The number of hydrogen-bond donors (Lipinski definition) is 0. The second kappa shape index (κ2) is 6.41. The van der Waals surface area contributed by atoms with Gasteiger partial charge in [0.2, 0.25) is 10.0 Å². The van der Waals surface area contributed by atoms with Gasteiger partial charge in [-0.2, -0.15) is 4.31 Å². The van der Waals surface area contributed by atoms with Crippen LogP contribution in [0.15, 0.2) is 48.5 Å². The summed E-state index contributed by atoms with van der Waals surface area (Å²) in [6.45, 7) is 2.43. The average molecular weight is 370 g/mol. The summed E-state index contributed by atoms with van der Waals surface area (Å²) < 4.78 is 27.0. The molecule has 0 N–H and O–H groups in total. The van der Waals surface area contributed by atoms with Crippen molar-refractivity contribution in [1.29, 1.82) is 0 Å². The van der Waals surface area contributed by atoms with E-state index in [0.717, 1.165) is 28.1 Å². The monoisotopic (exact) mass is 370 g/mol. The highest BCUT2D eigenvalue weighted by atomic mass is 32.2. The van der Waals surface area contributed by atoms with Crippen molar-refractivity contribution in [3.8, 4) is 11.4 Å². The maximum atomic E-state index is 11.7. The summed E-state index contributed by atoms with van der Waals surface area (Å²) in [5, 5.41) is 0. The summed E-state index contributed by atoms with van der Waals surface area (Å²) in [7, 11) is -1.08. The molecular formula is C19H22N4O2S. The fraction of sp³-hybridized carbons (Fsp3) is 0.316. The Morgan fingerprint density at radius 3 is 2.38 bits per heavy atom. The van der Waals surface area contributed by atoms with E-state index in [2.05, 4.69) is 33.7 Å². The molecule has 0 aliphatic carbocycles. The molecular weight excluding hydrogens is 348 g/mol. The number of fused-ring (bicyclic) bond motifs is 1. The minimum Gasteiger partial charge on any atom is -0.369 e. The van der Waals surface area contributed by atoms with Gasteiger partial charge in [-0.3, -0.25) is 0 Å². The van der Waals surface area contributed by atoms with E-state index < -0.39 is 10.0 Å². The van der Waals surface area contributed by atoms with Crippen molar-refractivity contribution < 1.29 is 8.42 Å². The first-order valence-electron chi connectivity index (χ1n) is 8.65. The normalized spacial score (nSPS) is 16.3. The van der Waals surface area contributed by atoms with Gasteiger partial charge in [-0.05, 0) is 24.3 Å². The van der Waals surface area contributed by atoms with Crippen LogP contribution in [-0.2, 0) is 17.1 Å². The Balaban J connectivity index is 1.62. The van der Waals surface area contributed by atoms with Crippen molar-refractivity contribution in [2.75, 3.05) is 37.3 Å². The molecule has 136 valence electrons. The lowest BCUT2D eigenvalue weighted by Crippen LogP contribution is -2.48. The van der Waals surface area contributed by atoms with Gasteiger partial charge in [0.25, 0.3) is 0 Å². The Morgan fingerprint density at radius 1 is 0.962 bits per heavy atom. The third-order valence-electron chi connectivity index (χ3n) is 4.96. The number of para-hydroxylation sites is 2. The summed E-state index contributed by atoms with van der Waals surface area (Å²) in [6, 6.07) is 16.4. The Labute approximate surface area is 153 Å². The van der Waals surface area contributed by atoms with Crippen LogP contribution in [-0.4, -0.2) is 54.7 Å². The zero-order valence-electron chi connectivity index (χ0n) is 15.0. The number of aromatic nitrogens is 2. The third-order valence-corrected chi connectivity index (χ3v) is 6.27. The highest BCUT2D eigenvalue weighted by molar-refractivity contribution is 7.88. The molecule has 2 heterocycles. The van der Waals surface area contributed by atoms with Crippen molar-refractivity contribution in [1.82, 2.24) is 13.9 Å². The molecule has 4 rings (SSSR count). The lowest BCUT2D eigenvalue weighted by atomic mass is 10.1.